The number of β-amino-alcohol motifs (C(OH)–C–C–N with tert-alkyl or cyclic N) is 1. The Labute approximate surface area is 104 Å². The number of nitrogens with zero attached hydrogens (tertiary/aromatic N) is 1. The first kappa shape index (κ1) is 12.4. The summed E-state index contributed by atoms with van der Waals surface area (Å²) in [5.41, 5.74) is 0.765. The van der Waals surface area contributed by atoms with E-state index >= 15 is 0 Å². The van der Waals surface area contributed by atoms with E-state index in [1.807, 2.05) is 0 Å². The Morgan fingerprint density at radius 3 is 3.06 bits per heavy atom. The zero-order valence-electron chi connectivity index (χ0n) is 9.47. The van der Waals surface area contributed by atoms with Gasteiger partial charge in [0.15, 0.2) is 0 Å². The number of benzene rings is 1. The molecule has 1 aliphatic rings. The minimum Gasteiger partial charge on any atom is -0.392 e. The van der Waals surface area contributed by atoms with Crippen molar-refractivity contribution in [1.82, 2.24) is 4.90 Å². The van der Waals surface area contributed by atoms with E-state index in [9.17, 15) is 14.3 Å². The summed E-state index contributed by atoms with van der Waals surface area (Å²) in [6.07, 6.45) is -0.575. The second-order valence-electron chi connectivity index (χ2n) is 4.11. The van der Waals surface area contributed by atoms with Crippen LogP contribution in [0.25, 0.3) is 0 Å². The van der Waals surface area contributed by atoms with E-state index in [1.54, 1.807) is 24.0 Å². The fraction of sp³-hybridized carbons (Fsp3) is 0.417. The normalized spacial score (nSPS) is 21.9. The van der Waals surface area contributed by atoms with Crippen LogP contribution in [0, 0.1) is 5.82 Å². The van der Waals surface area contributed by atoms with Gasteiger partial charge in [-0.05, 0) is 24.6 Å². The number of aliphatic hydroxyl groups excluding tert-OH is 1. The van der Waals surface area contributed by atoms with Crippen molar-refractivity contribution in [3.63, 3.8) is 0 Å². The number of carbonyl (C=O) groups is 1. The zero-order chi connectivity index (χ0) is 12.4. The topological polar surface area (TPSA) is 40.5 Å². The lowest BCUT2D eigenvalue weighted by Gasteiger charge is -2.25. The Kier molecular flexibility index (Phi) is 3.69. The molecule has 0 bridgehead atoms. The first-order valence-corrected chi connectivity index (χ1v) is 6.47. The number of hydrogen-bond acceptors (Lipinski definition) is 3. The summed E-state index contributed by atoms with van der Waals surface area (Å²) < 4.78 is 13.1. The second kappa shape index (κ2) is 5.06. The van der Waals surface area contributed by atoms with Gasteiger partial charge in [0, 0.05) is 6.54 Å². The lowest BCUT2D eigenvalue weighted by Crippen LogP contribution is -2.34. The van der Waals surface area contributed by atoms with E-state index in [2.05, 4.69) is 0 Å². The van der Waals surface area contributed by atoms with Gasteiger partial charge < -0.3 is 10.0 Å². The summed E-state index contributed by atoms with van der Waals surface area (Å²) >= 11 is 1.46. The smallest absolute Gasteiger partial charge is 0.233 e. The van der Waals surface area contributed by atoms with Crippen molar-refractivity contribution in [2.45, 2.75) is 18.4 Å². The molecule has 92 valence electrons. The van der Waals surface area contributed by atoms with Gasteiger partial charge in [0.05, 0.1) is 11.9 Å². The quantitative estimate of drug-likeness (QED) is 0.895. The highest BCUT2D eigenvalue weighted by atomic mass is 32.2. The maximum Gasteiger partial charge on any atom is 0.233 e. The van der Waals surface area contributed by atoms with Gasteiger partial charge in [0.25, 0.3) is 0 Å². The van der Waals surface area contributed by atoms with Crippen LogP contribution in [0.2, 0.25) is 0 Å². The molecule has 17 heavy (non-hydrogen) atoms. The molecule has 0 spiro atoms. The molecule has 0 aliphatic carbocycles. The summed E-state index contributed by atoms with van der Waals surface area (Å²) in [5.74, 6) is 0.0677. The molecule has 1 amide bonds. The number of carbonyl (C=O) groups excluding carboxylic acids is 1. The van der Waals surface area contributed by atoms with Crippen LogP contribution in [-0.2, 0) is 4.79 Å². The molecule has 2 atom stereocenters. The molecule has 5 heteroatoms. The molecule has 1 heterocycles. The second-order valence-corrected chi connectivity index (χ2v) is 5.18. The highest BCUT2D eigenvalue weighted by Gasteiger charge is 2.33. The largest absolute Gasteiger partial charge is 0.392 e. The van der Waals surface area contributed by atoms with Crippen molar-refractivity contribution in [2.75, 3.05) is 12.3 Å². The van der Waals surface area contributed by atoms with Crippen molar-refractivity contribution in [1.29, 1.82) is 0 Å². The van der Waals surface area contributed by atoms with Crippen LogP contribution < -0.4 is 0 Å². The molecular weight excluding hydrogens is 241 g/mol. The van der Waals surface area contributed by atoms with E-state index in [0.29, 0.717) is 5.75 Å². The van der Waals surface area contributed by atoms with Crippen molar-refractivity contribution in [3.8, 4) is 0 Å². The Hall–Kier alpha value is -1.07. The summed E-state index contributed by atoms with van der Waals surface area (Å²) in [7, 11) is 0. The maximum absolute atomic E-state index is 13.1. The lowest BCUT2D eigenvalue weighted by molar-refractivity contribution is -0.129. The summed E-state index contributed by atoms with van der Waals surface area (Å²) in [4.78, 5) is 13.3. The van der Waals surface area contributed by atoms with Crippen LogP contribution in [0.3, 0.4) is 0 Å². The van der Waals surface area contributed by atoms with Gasteiger partial charge >= 0.3 is 0 Å². The Bertz CT molecular complexity index is 425. The number of hydrogen-bond donors (Lipinski definition) is 1. The summed E-state index contributed by atoms with van der Waals surface area (Å²) in [6, 6.07) is 6.25. The van der Waals surface area contributed by atoms with E-state index in [0.717, 1.165) is 5.56 Å². The SMILES string of the molecule is C[C@H](O)CN1C(=O)CS[C@H]1c1cccc(F)c1. The summed E-state index contributed by atoms with van der Waals surface area (Å²) in [5, 5.41) is 9.19. The molecule has 0 radical (unpaired) electrons. The number of amides is 1. The fourth-order valence-corrected chi connectivity index (χ4v) is 3.06. The van der Waals surface area contributed by atoms with Gasteiger partial charge in [0.1, 0.15) is 11.2 Å². The minimum absolute atomic E-state index is 0.00911. The molecule has 1 saturated heterocycles. The predicted molar refractivity (Wildman–Crippen MR) is 65.0 cm³/mol. The molecule has 0 saturated carbocycles. The maximum atomic E-state index is 13.1. The Balaban J connectivity index is 2.22. The van der Waals surface area contributed by atoms with Gasteiger partial charge in [-0.1, -0.05) is 12.1 Å². The third kappa shape index (κ3) is 2.79. The molecule has 1 aromatic carbocycles. The van der Waals surface area contributed by atoms with Gasteiger partial charge in [0.2, 0.25) is 5.91 Å². The zero-order valence-corrected chi connectivity index (χ0v) is 10.3. The monoisotopic (exact) mass is 255 g/mol. The molecule has 1 aliphatic heterocycles. The van der Waals surface area contributed by atoms with Crippen molar-refractivity contribution in [2.24, 2.45) is 0 Å². The van der Waals surface area contributed by atoms with Crippen LogP contribution in [0.5, 0.6) is 0 Å². The van der Waals surface area contributed by atoms with Gasteiger partial charge in [-0.3, -0.25) is 4.79 Å². The van der Waals surface area contributed by atoms with Gasteiger partial charge in [-0.15, -0.1) is 11.8 Å². The first-order chi connectivity index (χ1) is 8.08. The standard InChI is InChI=1S/C12H14FNO2S/c1-8(15)6-14-11(16)7-17-12(14)9-3-2-4-10(13)5-9/h2-5,8,12,15H,6-7H2,1H3/t8-,12-/m0/s1. The van der Waals surface area contributed by atoms with Crippen LogP contribution in [0.4, 0.5) is 4.39 Å². The number of thioether (sulfide) groups is 1. The lowest BCUT2D eigenvalue weighted by atomic mass is 10.2. The van der Waals surface area contributed by atoms with Crippen molar-refractivity contribution >= 4 is 17.7 Å². The number of aliphatic hydroxyl groups is 1. The molecular formula is C12H14FNO2S. The molecule has 1 N–H and O–H groups in total. The molecule has 2 rings (SSSR count). The van der Waals surface area contributed by atoms with Crippen LogP contribution in [0.1, 0.15) is 17.9 Å². The molecule has 0 aromatic heterocycles. The Morgan fingerprint density at radius 2 is 2.41 bits per heavy atom. The van der Waals surface area contributed by atoms with Gasteiger partial charge in [-0.2, -0.15) is 0 Å². The molecule has 3 nitrogen and oxygen atoms in total. The van der Waals surface area contributed by atoms with Crippen molar-refractivity contribution in [3.05, 3.63) is 35.6 Å². The van der Waals surface area contributed by atoms with Crippen LogP contribution in [0.15, 0.2) is 24.3 Å². The average molecular weight is 255 g/mol. The molecule has 0 unspecified atom stereocenters. The van der Waals surface area contributed by atoms with E-state index in [1.165, 1.54) is 23.9 Å². The highest BCUT2D eigenvalue weighted by molar-refractivity contribution is 8.00. The number of halogens is 1. The average Bonchev–Trinajstić information content (AvgIpc) is 2.60. The fourth-order valence-electron chi connectivity index (χ4n) is 1.87. The molecule has 1 aromatic rings. The minimum atomic E-state index is -0.575. The van der Waals surface area contributed by atoms with E-state index in [-0.39, 0.29) is 23.6 Å². The highest BCUT2D eigenvalue weighted by Crippen LogP contribution is 2.38. The summed E-state index contributed by atoms with van der Waals surface area (Å²) in [6.45, 7) is 1.92. The van der Waals surface area contributed by atoms with Crippen LogP contribution in [-0.4, -0.2) is 34.3 Å². The van der Waals surface area contributed by atoms with E-state index < -0.39 is 6.10 Å². The van der Waals surface area contributed by atoms with Crippen LogP contribution >= 0.6 is 11.8 Å². The number of rotatable bonds is 3. The molecule has 1 fully saturated rings. The first-order valence-electron chi connectivity index (χ1n) is 5.42. The van der Waals surface area contributed by atoms with Crippen molar-refractivity contribution < 1.29 is 14.3 Å². The Morgan fingerprint density at radius 1 is 1.65 bits per heavy atom. The van der Waals surface area contributed by atoms with Gasteiger partial charge in [-0.25, -0.2) is 4.39 Å². The van der Waals surface area contributed by atoms with E-state index in [4.69, 9.17) is 0 Å². The third-order valence-electron chi connectivity index (χ3n) is 2.56. The predicted octanol–water partition coefficient (Wildman–Crippen LogP) is 1.78. The third-order valence-corrected chi connectivity index (χ3v) is 3.82.